The number of anilines is 1. The van der Waals surface area contributed by atoms with Crippen molar-refractivity contribution in [3.05, 3.63) is 137 Å². The molecular weight excluding hydrogens is 352 g/mol. The second-order valence-corrected chi connectivity index (χ2v) is 7.39. The highest BCUT2D eigenvalue weighted by Crippen LogP contribution is 2.41. The first-order chi connectivity index (χ1) is 14.3. The van der Waals surface area contributed by atoms with Gasteiger partial charge in [-0.1, -0.05) is 103 Å². The zero-order valence-corrected chi connectivity index (χ0v) is 16.3. The lowest BCUT2D eigenvalue weighted by atomic mass is 9.86. The molecule has 1 heterocycles. The molecule has 2 heteroatoms. The van der Waals surface area contributed by atoms with Crippen LogP contribution >= 0.6 is 0 Å². The number of hydrogen-bond donors (Lipinski definition) is 1. The third kappa shape index (κ3) is 2.94. The highest BCUT2D eigenvalue weighted by atomic mass is 15.2. The SMILES string of the molecule is Cc1ccccc1C1=NC(c2ccccc2)(c2ccccc2)Nc2ccccc21. The molecule has 0 radical (unpaired) electrons. The van der Waals surface area contributed by atoms with Crippen molar-refractivity contribution in [2.45, 2.75) is 12.6 Å². The van der Waals surface area contributed by atoms with Crippen LogP contribution < -0.4 is 5.32 Å². The van der Waals surface area contributed by atoms with Crippen LogP contribution in [0.1, 0.15) is 27.8 Å². The molecule has 0 atom stereocenters. The Morgan fingerprint density at radius 1 is 0.586 bits per heavy atom. The van der Waals surface area contributed by atoms with E-state index in [1.54, 1.807) is 0 Å². The first-order valence-electron chi connectivity index (χ1n) is 9.92. The van der Waals surface area contributed by atoms with Gasteiger partial charge in [-0.25, -0.2) is 4.99 Å². The van der Waals surface area contributed by atoms with Crippen molar-refractivity contribution in [2.75, 3.05) is 5.32 Å². The summed E-state index contributed by atoms with van der Waals surface area (Å²) < 4.78 is 0. The number of hydrogen-bond acceptors (Lipinski definition) is 2. The van der Waals surface area contributed by atoms with Crippen LogP contribution in [0.25, 0.3) is 0 Å². The summed E-state index contributed by atoms with van der Waals surface area (Å²) in [5.41, 5.74) is 7.17. The lowest BCUT2D eigenvalue weighted by molar-refractivity contribution is 0.620. The van der Waals surface area contributed by atoms with Gasteiger partial charge in [0.05, 0.1) is 5.71 Å². The first-order valence-corrected chi connectivity index (χ1v) is 9.92. The summed E-state index contributed by atoms with van der Waals surface area (Å²) in [5, 5.41) is 3.77. The number of para-hydroxylation sites is 1. The third-order valence-corrected chi connectivity index (χ3v) is 5.56. The van der Waals surface area contributed by atoms with Gasteiger partial charge in [-0.05, 0) is 18.6 Å². The van der Waals surface area contributed by atoms with Gasteiger partial charge >= 0.3 is 0 Å². The number of aliphatic imine (C=N–C) groups is 1. The fraction of sp³-hybridized carbons (Fsp3) is 0.0741. The van der Waals surface area contributed by atoms with E-state index >= 15 is 0 Å². The van der Waals surface area contributed by atoms with Gasteiger partial charge in [0, 0.05) is 27.9 Å². The Morgan fingerprint density at radius 3 is 1.72 bits per heavy atom. The molecular formula is C27H22N2. The standard InChI is InChI=1S/C27H22N2/c1-20-12-8-9-17-23(20)26-24-18-10-11-19-25(24)28-27(29-26,21-13-4-2-5-14-21)22-15-6-3-7-16-22/h2-19,28H,1H3. The molecule has 140 valence electrons. The Hall–Kier alpha value is -3.65. The van der Waals surface area contributed by atoms with E-state index in [9.17, 15) is 0 Å². The minimum Gasteiger partial charge on any atom is -0.353 e. The first kappa shape index (κ1) is 17.4. The molecule has 29 heavy (non-hydrogen) atoms. The zero-order chi connectivity index (χ0) is 19.7. The third-order valence-electron chi connectivity index (χ3n) is 5.56. The van der Waals surface area contributed by atoms with E-state index in [0.717, 1.165) is 33.7 Å². The molecule has 2 nitrogen and oxygen atoms in total. The Bertz CT molecular complexity index is 1140. The maximum atomic E-state index is 5.43. The molecule has 1 N–H and O–H groups in total. The van der Waals surface area contributed by atoms with Gasteiger partial charge in [0.15, 0.2) is 5.66 Å². The number of aryl methyl sites for hydroxylation is 1. The Balaban J connectivity index is 1.85. The lowest BCUT2D eigenvalue weighted by Crippen LogP contribution is -2.39. The number of fused-ring (bicyclic) bond motifs is 1. The largest absolute Gasteiger partial charge is 0.353 e. The minimum atomic E-state index is -0.686. The van der Waals surface area contributed by atoms with Crippen LogP contribution in [0.15, 0.2) is 114 Å². The lowest BCUT2D eigenvalue weighted by Gasteiger charge is -2.38. The molecule has 0 fully saturated rings. The van der Waals surface area contributed by atoms with Gasteiger partial charge in [-0.15, -0.1) is 0 Å². The maximum absolute atomic E-state index is 5.43. The fourth-order valence-corrected chi connectivity index (χ4v) is 4.09. The van der Waals surface area contributed by atoms with Gasteiger partial charge in [0.1, 0.15) is 0 Å². The van der Waals surface area contributed by atoms with Gasteiger partial charge in [-0.3, -0.25) is 0 Å². The second kappa shape index (κ2) is 7.06. The van der Waals surface area contributed by atoms with E-state index in [0.29, 0.717) is 0 Å². The molecule has 1 aliphatic rings. The van der Waals surface area contributed by atoms with Crippen molar-refractivity contribution >= 4 is 11.4 Å². The molecule has 0 amide bonds. The number of rotatable bonds is 3. The van der Waals surface area contributed by atoms with Gasteiger partial charge in [0.25, 0.3) is 0 Å². The normalized spacial score (nSPS) is 14.4. The van der Waals surface area contributed by atoms with E-state index in [2.05, 4.69) is 109 Å². The maximum Gasteiger partial charge on any atom is 0.182 e. The molecule has 1 aliphatic heterocycles. The smallest absolute Gasteiger partial charge is 0.182 e. The average Bonchev–Trinajstić information content (AvgIpc) is 2.80. The Labute approximate surface area is 171 Å². The fourth-order valence-electron chi connectivity index (χ4n) is 4.09. The summed E-state index contributed by atoms with van der Waals surface area (Å²) in [6.07, 6.45) is 0. The van der Waals surface area contributed by atoms with Crippen LogP contribution in [0.4, 0.5) is 5.69 Å². The number of nitrogens with one attached hydrogen (secondary N) is 1. The molecule has 0 aromatic heterocycles. The number of nitrogens with zero attached hydrogens (tertiary/aromatic N) is 1. The molecule has 0 spiro atoms. The van der Waals surface area contributed by atoms with Gasteiger partial charge < -0.3 is 5.32 Å². The van der Waals surface area contributed by atoms with Crippen LogP contribution in [0.2, 0.25) is 0 Å². The van der Waals surface area contributed by atoms with E-state index < -0.39 is 5.66 Å². The van der Waals surface area contributed by atoms with Crippen molar-refractivity contribution in [3.63, 3.8) is 0 Å². The van der Waals surface area contributed by atoms with Crippen molar-refractivity contribution in [1.82, 2.24) is 0 Å². The molecule has 0 aliphatic carbocycles. The highest BCUT2D eigenvalue weighted by molar-refractivity contribution is 6.18. The Kier molecular flexibility index (Phi) is 4.25. The van der Waals surface area contributed by atoms with Crippen molar-refractivity contribution in [1.29, 1.82) is 0 Å². The predicted octanol–water partition coefficient (Wildman–Crippen LogP) is 6.16. The molecule has 0 saturated carbocycles. The van der Waals surface area contributed by atoms with Crippen molar-refractivity contribution < 1.29 is 0 Å². The van der Waals surface area contributed by atoms with Gasteiger partial charge in [-0.2, -0.15) is 0 Å². The van der Waals surface area contributed by atoms with Crippen LogP contribution in [-0.2, 0) is 5.66 Å². The molecule has 0 saturated heterocycles. The summed E-state index contributed by atoms with van der Waals surface area (Å²) in [4.78, 5) is 5.43. The van der Waals surface area contributed by atoms with Crippen LogP contribution in [0, 0.1) is 6.92 Å². The monoisotopic (exact) mass is 374 g/mol. The Morgan fingerprint density at radius 2 is 1.10 bits per heavy atom. The van der Waals surface area contributed by atoms with Crippen molar-refractivity contribution in [3.8, 4) is 0 Å². The summed E-state index contributed by atoms with van der Waals surface area (Å²) in [7, 11) is 0. The van der Waals surface area contributed by atoms with E-state index in [1.807, 2.05) is 12.1 Å². The predicted molar refractivity (Wildman–Crippen MR) is 121 cm³/mol. The van der Waals surface area contributed by atoms with Crippen LogP contribution in [-0.4, -0.2) is 5.71 Å². The van der Waals surface area contributed by atoms with Gasteiger partial charge in [0.2, 0.25) is 0 Å². The topological polar surface area (TPSA) is 24.4 Å². The minimum absolute atomic E-state index is 0.686. The van der Waals surface area contributed by atoms with E-state index in [4.69, 9.17) is 4.99 Å². The summed E-state index contributed by atoms with van der Waals surface area (Å²) in [5.74, 6) is 0. The molecule has 0 bridgehead atoms. The average molecular weight is 374 g/mol. The highest BCUT2D eigenvalue weighted by Gasteiger charge is 2.38. The van der Waals surface area contributed by atoms with E-state index in [-0.39, 0.29) is 0 Å². The summed E-state index contributed by atoms with van der Waals surface area (Å²) >= 11 is 0. The summed E-state index contributed by atoms with van der Waals surface area (Å²) in [6.45, 7) is 2.15. The number of benzene rings is 4. The second-order valence-electron chi connectivity index (χ2n) is 7.39. The molecule has 0 unspecified atom stereocenters. The van der Waals surface area contributed by atoms with E-state index in [1.165, 1.54) is 5.56 Å². The van der Waals surface area contributed by atoms with Crippen molar-refractivity contribution in [2.24, 2.45) is 4.99 Å². The zero-order valence-electron chi connectivity index (χ0n) is 16.3. The quantitative estimate of drug-likeness (QED) is 0.456. The van der Waals surface area contributed by atoms with Crippen LogP contribution in [0.3, 0.4) is 0 Å². The summed E-state index contributed by atoms with van der Waals surface area (Å²) in [6, 6.07) is 37.9. The van der Waals surface area contributed by atoms with Crippen LogP contribution in [0.5, 0.6) is 0 Å². The molecule has 4 aromatic rings. The molecule has 5 rings (SSSR count). The molecule has 4 aromatic carbocycles.